The van der Waals surface area contributed by atoms with E-state index in [0.717, 1.165) is 11.4 Å². The molecule has 0 aliphatic rings. The van der Waals surface area contributed by atoms with Gasteiger partial charge in [0.25, 0.3) is 5.91 Å². The van der Waals surface area contributed by atoms with Crippen LogP contribution < -0.4 is 10.6 Å². The number of carbonyl (C=O) groups excluding carboxylic acids is 2. The molecule has 1 heterocycles. The number of halogens is 1. The molecule has 130 valence electrons. The molecule has 0 atom stereocenters. The molecular weight excluding hydrogens is 350 g/mol. The maximum Gasteiger partial charge on any atom is 0.256 e. The van der Waals surface area contributed by atoms with Crippen molar-refractivity contribution in [3.63, 3.8) is 0 Å². The molecule has 3 aromatic rings. The number of nitrogens with one attached hydrogen (secondary N) is 2. The van der Waals surface area contributed by atoms with E-state index in [9.17, 15) is 9.59 Å². The van der Waals surface area contributed by atoms with Gasteiger partial charge in [0.2, 0.25) is 0 Å². The van der Waals surface area contributed by atoms with E-state index in [1.807, 2.05) is 12.1 Å². The first-order valence-electron chi connectivity index (χ1n) is 7.92. The second kappa shape index (κ2) is 7.80. The van der Waals surface area contributed by atoms with Crippen LogP contribution in [0.15, 0.2) is 66.9 Å². The molecule has 1 aromatic heterocycles. The summed E-state index contributed by atoms with van der Waals surface area (Å²) in [5.41, 5.74) is 2.62. The molecule has 0 radical (unpaired) electrons. The van der Waals surface area contributed by atoms with Crippen LogP contribution in [0.1, 0.15) is 27.6 Å². The lowest BCUT2D eigenvalue weighted by Crippen LogP contribution is -2.12. The van der Waals surface area contributed by atoms with Crippen LogP contribution in [-0.4, -0.2) is 16.7 Å². The lowest BCUT2D eigenvalue weighted by Gasteiger charge is -2.09. The van der Waals surface area contributed by atoms with E-state index in [1.54, 1.807) is 54.7 Å². The summed E-state index contributed by atoms with van der Waals surface area (Å²) in [4.78, 5) is 27.9. The number of hydrogen-bond acceptors (Lipinski definition) is 4. The molecule has 5 nitrogen and oxygen atoms in total. The molecule has 6 heteroatoms. The molecule has 2 aromatic carbocycles. The lowest BCUT2D eigenvalue weighted by molar-refractivity contribution is 0.101. The van der Waals surface area contributed by atoms with Crippen LogP contribution in [0.5, 0.6) is 0 Å². The van der Waals surface area contributed by atoms with Crippen LogP contribution in [0.2, 0.25) is 5.02 Å². The summed E-state index contributed by atoms with van der Waals surface area (Å²) in [6.45, 7) is 1.53. The van der Waals surface area contributed by atoms with Gasteiger partial charge in [-0.2, -0.15) is 0 Å². The Morgan fingerprint density at radius 3 is 2.38 bits per heavy atom. The van der Waals surface area contributed by atoms with Crippen molar-refractivity contribution in [3.8, 4) is 0 Å². The van der Waals surface area contributed by atoms with Gasteiger partial charge in [0.15, 0.2) is 5.78 Å². The first-order chi connectivity index (χ1) is 12.5. The Bertz CT molecular complexity index is 955. The number of anilines is 3. The molecule has 0 fully saturated rings. The maximum absolute atomic E-state index is 12.2. The molecule has 26 heavy (non-hydrogen) atoms. The van der Waals surface area contributed by atoms with Gasteiger partial charge in [-0.15, -0.1) is 0 Å². The first-order valence-corrected chi connectivity index (χ1v) is 8.30. The van der Waals surface area contributed by atoms with Gasteiger partial charge in [0, 0.05) is 21.8 Å². The van der Waals surface area contributed by atoms with Gasteiger partial charge in [-0.3, -0.25) is 9.59 Å². The zero-order valence-electron chi connectivity index (χ0n) is 14.0. The minimum absolute atomic E-state index is 0.00542. The Morgan fingerprint density at radius 2 is 1.69 bits per heavy atom. The zero-order chi connectivity index (χ0) is 18.5. The molecule has 3 rings (SSSR count). The summed E-state index contributed by atoms with van der Waals surface area (Å²) in [7, 11) is 0. The maximum atomic E-state index is 12.2. The van der Waals surface area contributed by atoms with Gasteiger partial charge in [0.1, 0.15) is 5.82 Å². The molecule has 1 amide bonds. The lowest BCUT2D eigenvalue weighted by atomic mass is 10.1. The number of aromatic nitrogens is 1. The number of hydrogen-bond donors (Lipinski definition) is 2. The Balaban J connectivity index is 1.68. The third-order valence-corrected chi connectivity index (χ3v) is 3.88. The molecule has 0 aliphatic carbocycles. The van der Waals surface area contributed by atoms with Gasteiger partial charge in [-0.25, -0.2) is 4.98 Å². The Morgan fingerprint density at radius 1 is 0.923 bits per heavy atom. The van der Waals surface area contributed by atoms with Gasteiger partial charge in [-0.1, -0.05) is 29.8 Å². The minimum Gasteiger partial charge on any atom is -0.354 e. The van der Waals surface area contributed by atoms with Gasteiger partial charge < -0.3 is 10.6 Å². The number of ketones is 1. The van der Waals surface area contributed by atoms with Crippen molar-refractivity contribution in [1.29, 1.82) is 0 Å². The van der Waals surface area contributed by atoms with Crippen LogP contribution in [0, 0.1) is 0 Å². The highest BCUT2D eigenvalue weighted by atomic mass is 35.5. The third-order valence-electron chi connectivity index (χ3n) is 3.65. The summed E-state index contributed by atoms with van der Waals surface area (Å²) >= 11 is 5.90. The normalized spacial score (nSPS) is 10.2. The SMILES string of the molecule is CC(=O)c1cccc(Nc2ccc(NC(=O)c3cccc(Cl)c3)nc2)c1. The number of amides is 1. The highest BCUT2D eigenvalue weighted by Gasteiger charge is 2.07. The van der Waals surface area contributed by atoms with E-state index >= 15 is 0 Å². The number of Topliss-reactive ketones (excluding diaryl/α,β-unsaturated/α-hetero) is 1. The van der Waals surface area contributed by atoms with Gasteiger partial charge in [0.05, 0.1) is 11.9 Å². The van der Waals surface area contributed by atoms with Crippen molar-refractivity contribution in [2.24, 2.45) is 0 Å². The topological polar surface area (TPSA) is 71.1 Å². The Labute approximate surface area is 156 Å². The van der Waals surface area contributed by atoms with E-state index in [0.29, 0.717) is 22.0 Å². The predicted octanol–water partition coefficient (Wildman–Crippen LogP) is 4.93. The van der Waals surface area contributed by atoms with Crippen LogP contribution in [0.4, 0.5) is 17.2 Å². The molecule has 0 unspecified atom stereocenters. The highest BCUT2D eigenvalue weighted by Crippen LogP contribution is 2.19. The van der Waals surface area contributed by atoms with Crippen molar-refractivity contribution in [2.45, 2.75) is 6.92 Å². The highest BCUT2D eigenvalue weighted by molar-refractivity contribution is 6.31. The smallest absolute Gasteiger partial charge is 0.256 e. The molecule has 0 saturated heterocycles. The molecule has 2 N–H and O–H groups in total. The van der Waals surface area contributed by atoms with E-state index in [2.05, 4.69) is 15.6 Å². The van der Waals surface area contributed by atoms with Crippen molar-refractivity contribution >= 4 is 40.5 Å². The number of nitrogens with zero attached hydrogens (tertiary/aromatic N) is 1. The molecule has 0 bridgehead atoms. The number of rotatable bonds is 5. The second-order valence-corrected chi connectivity index (χ2v) is 6.10. The Hall–Kier alpha value is -3.18. The van der Waals surface area contributed by atoms with E-state index in [4.69, 9.17) is 11.6 Å². The largest absolute Gasteiger partial charge is 0.354 e. The summed E-state index contributed by atoms with van der Waals surface area (Å²) in [5.74, 6) is 0.152. The fourth-order valence-corrected chi connectivity index (χ4v) is 2.53. The molecule has 0 aliphatic heterocycles. The van der Waals surface area contributed by atoms with Gasteiger partial charge >= 0.3 is 0 Å². The van der Waals surface area contributed by atoms with Crippen molar-refractivity contribution in [1.82, 2.24) is 4.98 Å². The number of pyridine rings is 1. The number of benzene rings is 2. The molecular formula is C20H16ClN3O2. The molecule has 0 spiro atoms. The third kappa shape index (κ3) is 4.46. The quantitative estimate of drug-likeness (QED) is 0.628. The van der Waals surface area contributed by atoms with Crippen molar-refractivity contribution in [3.05, 3.63) is 83.0 Å². The van der Waals surface area contributed by atoms with Crippen molar-refractivity contribution in [2.75, 3.05) is 10.6 Å². The summed E-state index contributed by atoms with van der Waals surface area (Å²) in [6.07, 6.45) is 1.61. The monoisotopic (exact) mass is 365 g/mol. The average molecular weight is 366 g/mol. The first kappa shape index (κ1) is 17.6. The average Bonchev–Trinajstić information content (AvgIpc) is 2.63. The van der Waals surface area contributed by atoms with Gasteiger partial charge in [-0.05, 0) is 49.4 Å². The standard InChI is InChI=1S/C20H16ClN3O2/c1-13(25)14-4-3-7-17(11-14)23-18-8-9-19(22-12-18)24-20(26)15-5-2-6-16(21)10-15/h2-12,23H,1H3,(H,22,24,26). The summed E-state index contributed by atoms with van der Waals surface area (Å²) in [6, 6.07) is 17.4. The number of carbonyl (C=O) groups is 2. The summed E-state index contributed by atoms with van der Waals surface area (Å²) in [5, 5.41) is 6.39. The fourth-order valence-electron chi connectivity index (χ4n) is 2.34. The van der Waals surface area contributed by atoms with E-state index in [-0.39, 0.29) is 11.7 Å². The zero-order valence-corrected chi connectivity index (χ0v) is 14.7. The summed E-state index contributed by atoms with van der Waals surface area (Å²) < 4.78 is 0. The van der Waals surface area contributed by atoms with E-state index < -0.39 is 0 Å². The van der Waals surface area contributed by atoms with E-state index in [1.165, 1.54) is 6.92 Å². The second-order valence-electron chi connectivity index (χ2n) is 5.66. The molecule has 0 saturated carbocycles. The predicted molar refractivity (Wildman–Crippen MR) is 103 cm³/mol. The fraction of sp³-hybridized carbons (Fsp3) is 0.0500. The van der Waals surface area contributed by atoms with Crippen LogP contribution in [0.3, 0.4) is 0 Å². The van der Waals surface area contributed by atoms with Crippen LogP contribution in [0.25, 0.3) is 0 Å². The van der Waals surface area contributed by atoms with Crippen LogP contribution in [-0.2, 0) is 0 Å². The minimum atomic E-state index is -0.283. The Kier molecular flexibility index (Phi) is 5.29. The van der Waals surface area contributed by atoms with Crippen LogP contribution >= 0.6 is 11.6 Å². The van der Waals surface area contributed by atoms with Crippen molar-refractivity contribution < 1.29 is 9.59 Å².